The van der Waals surface area contributed by atoms with Crippen LogP contribution in [0.2, 0.25) is 0 Å². The molecule has 0 fully saturated rings. The Balaban J connectivity index is 2.55. The summed E-state index contributed by atoms with van der Waals surface area (Å²) in [6, 6.07) is 3.91. The van der Waals surface area contributed by atoms with E-state index in [1.54, 1.807) is 0 Å². The highest BCUT2D eigenvalue weighted by Crippen LogP contribution is 2.29. The van der Waals surface area contributed by atoms with Gasteiger partial charge in [0.2, 0.25) is 0 Å². The van der Waals surface area contributed by atoms with Crippen LogP contribution in [0.3, 0.4) is 0 Å². The maximum absolute atomic E-state index is 14.1. The Labute approximate surface area is 128 Å². The molecule has 0 amide bonds. The second-order valence-electron chi connectivity index (χ2n) is 3.94. The molecule has 1 N–H and O–H groups in total. The van der Waals surface area contributed by atoms with Crippen LogP contribution in [-0.4, -0.2) is 16.6 Å². The van der Waals surface area contributed by atoms with Gasteiger partial charge in [-0.15, -0.1) is 0 Å². The van der Waals surface area contributed by atoms with Crippen molar-refractivity contribution in [3.8, 4) is 11.3 Å². The van der Waals surface area contributed by atoms with Gasteiger partial charge >= 0.3 is 0 Å². The number of hydrogen-bond acceptors (Lipinski definition) is 3. The van der Waals surface area contributed by atoms with Crippen LogP contribution in [0, 0.1) is 16.3 Å². The highest BCUT2D eigenvalue weighted by Gasteiger charge is 2.15. The summed E-state index contributed by atoms with van der Waals surface area (Å²) < 4.78 is 33.6. The van der Waals surface area contributed by atoms with Gasteiger partial charge in [-0.25, -0.2) is 13.8 Å². The van der Waals surface area contributed by atoms with Crippen molar-refractivity contribution in [2.24, 2.45) is 0 Å². The van der Waals surface area contributed by atoms with Crippen molar-refractivity contribution < 1.29 is 13.5 Å². The summed E-state index contributed by atoms with van der Waals surface area (Å²) in [5, 5.41) is 0. The Morgan fingerprint density at radius 1 is 1.40 bits per heavy atom. The number of aromatic nitrogens is 2. The van der Waals surface area contributed by atoms with Gasteiger partial charge < -0.3 is 9.72 Å². The van der Waals surface area contributed by atoms with Gasteiger partial charge in [0.15, 0.2) is 0 Å². The predicted octanol–water partition coefficient (Wildman–Crippen LogP) is 4.38. The van der Waals surface area contributed by atoms with E-state index in [1.165, 1.54) is 18.2 Å². The second kappa shape index (κ2) is 6.51. The third-order valence-electron chi connectivity index (χ3n) is 2.55. The van der Waals surface area contributed by atoms with Gasteiger partial charge in [0, 0.05) is 6.61 Å². The van der Waals surface area contributed by atoms with Gasteiger partial charge in [0.1, 0.15) is 28.7 Å². The van der Waals surface area contributed by atoms with E-state index in [0.717, 1.165) is 0 Å². The molecule has 0 aliphatic rings. The van der Waals surface area contributed by atoms with Gasteiger partial charge in [-0.05, 0) is 41.1 Å². The second-order valence-corrected chi connectivity index (χ2v) is 5.21. The molecule has 1 aromatic carbocycles. The SMILES string of the molecule is CCOCc1nc(=S)cc(-c2c(F)ccc(Br)c2F)[nH]1. The van der Waals surface area contributed by atoms with Crippen LogP contribution in [-0.2, 0) is 11.3 Å². The number of rotatable bonds is 4. The van der Waals surface area contributed by atoms with Crippen LogP contribution in [0.25, 0.3) is 11.3 Å². The topological polar surface area (TPSA) is 37.9 Å². The Hall–Kier alpha value is -1.18. The number of benzene rings is 1. The predicted molar refractivity (Wildman–Crippen MR) is 77.8 cm³/mol. The minimum absolute atomic E-state index is 0.175. The first-order chi connectivity index (χ1) is 9.52. The van der Waals surface area contributed by atoms with Crippen molar-refractivity contribution in [2.45, 2.75) is 13.5 Å². The number of ether oxygens (including phenoxy) is 1. The van der Waals surface area contributed by atoms with E-state index in [-0.39, 0.29) is 27.0 Å². The summed E-state index contributed by atoms with van der Waals surface area (Å²) in [5.74, 6) is -0.942. The molecule has 0 spiro atoms. The van der Waals surface area contributed by atoms with Crippen molar-refractivity contribution in [3.05, 3.63) is 44.8 Å². The zero-order chi connectivity index (χ0) is 14.7. The minimum atomic E-state index is -0.691. The van der Waals surface area contributed by atoms with Gasteiger partial charge in [0.05, 0.1) is 15.7 Å². The zero-order valence-electron chi connectivity index (χ0n) is 10.5. The lowest BCUT2D eigenvalue weighted by atomic mass is 10.1. The van der Waals surface area contributed by atoms with Crippen LogP contribution >= 0.6 is 28.1 Å². The third-order valence-corrected chi connectivity index (χ3v) is 3.37. The zero-order valence-corrected chi connectivity index (χ0v) is 12.9. The average molecular weight is 361 g/mol. The maximum atomic E-state index is 14.1. The summed E-state index contributed by atoms with van der Waals surface area (Å²) in [7, 11) is 0. The van der Waals surface area contributed by atoms with Crippen molar-refractivity contribution in [1.82, 2.24) is 9.97 Å². The molecule has 3 nitrogen and oxygen atoms in total. The van der Waals surface area contributed by atoms with Gasteiger partial charge in [-0.2, -0.15) is 0 Å². The van der Waals surface area contributed by atoms with E-state index >= 15 is 0 Å². The molecule has 0 saturated carbocycles. The Morgan fingerprint density at radius 3 is 2.85 bits per heavy atom. The van der Waals surface area contributed by atoms with Crippen LogP contribution in [0.15, 0.2) is 22.7 Å². The first-order valence-corrected chi connectivity index (χ1v) is 7.05. The van der Waals surface area contributed by atoms with Gasteiger partial charge in [0.25, 0.3) is 0 Å². The van der Waals surface area contributed by atoms with Crippen LogP contribution in [0.1, 0.15) is 12.7 Å². The molecule has 0 aliphatic heterocycles. The van der Waals surface area contributed by atoms with Crippen LogP contribution in [0.4, 0.5) is 8.78 Å². The molecule has 7 heteroatoms. The summed E-state index contributed by atoms with van der Waals surface area (Å²) >= 11 is 8.05. The van der Waals surface area contributed by atoms with Crippen LogP contribution in [0.5, 0.6) is 0 Å². The van der Waals surface area contributed by atoms with Gasteiger partial charge in [-0.3, -0.25) is 0 Å². The molecule has 1 aromatic heterocycles. The lowest BCUT2D eigenvalue weighted by molar-refractivity contribution is 0.128. The van der Waals surface area contributed by atoms with E-state index < -0.39 is 11.6 Å². The fraction of sp³-hybridized carbons (Fsp3) is 0.231. The highest BCUT2D eigenvalue weighted by atomic mass is 79.9. The third kappa shape index (κ3) is 3.28. The summed E-state index contributed by atoms with van der Waals surface area (Å²) in [6.07, 6.45) is 0. The molecule has 20 heavy (non-hydrogen) atoms. The summed E-state index contributed by atoms with van der Waals surface area (Å²) in [4.78, 5) is 6.90. The molecule has 106 valence electrons. The lowest BCUT2D eigenvalue weighted by Gasteiger charge is -2.09. The molecule has 0 radical (unpaired) electrons. The quantitative estimate of drug-likeness (QED) is 0.649. The van der Waals surface area contributed by atoms with Crippen molar-refractivity contribution >= 4 is 28.1 Å². The number of aromatic amines is 1. The number of nitrogens with zero attached hydrogens (tertiary/aromatic N) is 1. The van der Waals surface area contributed by atoms with Crippen LogP contribution < -0.4 is 0 Å². The largest absolute Gasteiger partial charge is 0.374 e. The average Bonchev–Trinajstić information content (AvgIpc) is 2.41. The van der Waals surface area contributed by atoms with E-state index in [4.69, 9.17) is 17.0 Å². The molecule has 0 atom stereocenters. The molecule has 0 saturated heterocycles. The Morgan fingerprint density at radius 2 is 2.15 bits per heavy atom. The Kier molecular flexibility index (Phi) is 4.95. The highest BCUT2D eigenvalue weighted by molar-refractivity contribution is 9.10. The number of H-pyrrole nitrogens is 1. The number of nitrogens with one attached hydrogen (secondary N) is 1. The first kappa shape index (κ1) is 15.2. The maximum Gasteiger partial charge on any atom is 0.149 e. The molecule has 0 aliphatic carbocycles. The number of hydrogen-bond donors (Lipinski definition) is 1. The first-order valence-electron chi connectivity index (χ1n) is 5.84. The summed E-state index contributed by atoms with van der Waals surface area (Å²) in [5.41, 5.74) is 0.0571. The fourth-order valence-electron chi connectivity index (χ4n) is 1.68. The normalized spacial score (nSPS) is 10.8. The smallest absolute Gasteiger partial charge is 0.149 e. The molecule has 1 heterocycles. The molecular formula is C13H11BrF2N2OS. The minimum Gasteiger partial charge on any atom is -0.374 e. The molecule has 2 aromatic rings. The monoisotopic (exact) mass is 360 g/mol. The van der Waals surface area contributed by atoms with Gasteiger partial charge in [-0.1, -0.05) is 12.2 Å². The lowest BCUT2D eigenvalue weighted by Crippen LogP contribution is -2.02. The van der Waals surface area contributed by atoms with E-state index in [1.807, 2.05) is 6.92 Å². The molecular weight excluding hydrogens is 350 g/mol. The van der Waals surface area contributed by atoms with Crippen molar-refractivity contribution in [3.63, 3.8) is 0 Å². The van der Waals surface area contributed by atoms with E-state index in [0.29, 0.717) is 12.4 Å². The molecule has 2 rings (SSSR count). The molecule has 0 unspecified atom stereocenters. The van der Waals surface area contributed by atoms with Crippen molar-refractivity contribution in [2.75, 3.05) is 6.61 Å². The molecule has 0 bridgehead atoms. The Bertz CT molecular complexity index is 691. The summed E-state index contributed by atoms with van der Waals surface area (Å²) in [6.45, 7) is 2.55. The van der Waals surface area contributed by atoms with E-state index in [2.05, 4.69) is 25.9 Å². The standard InChI is InChI=1S/C13H11BrF2N2OS/c1-2-19-6-10-17-9(5-11(20)18-10)12-8(15)4-3-7(14)13(12)16/h3-5H,2,6H2,1H3,(H,17,18,20). The fourth-order valence-corrected chi connectivity index (χ4v) is 2.24. The number of halogens is 3. The van der Waals surface area contributed by atoms with E-state index in [9.17, 15) is 8.78 Å². The van der Waals surface area contributed by atoms with Crippen molar-refractivity contribution in [1.29, 1.82) is 0 Å².